The van der Waals surface area contributed by atoms with Gasteiger partial charge in [0.15, 0.2) is 0 Å². The van der Waals surface area contributed by atoms with Crippen molar-refractivity contribution in [2.75, 3.05) is 0 Å². The van der Waals surface area contributed by atoms with Gasteiger partial charge in [-0.1, -0.05) is 303 Å². The van der Waals surface area contributed by atoms with Gasteiger partial charge >= 0.3 is 0 Å². The molecule has 0 spiro atoms. The van der Waals surface area contributed by atoms with Crippen LogP contribution in [0.2, 0.25) is 0 Å². The van der Waals surface area contributed by atoms with Gasteiger partial charge in [-0.3, -0.25) is 0 Å². The Morgan fingerprint density at radius 2 is 0.400 bits per heavy atom. The highest BCUT2D eigenvalue weighted by Gasteiger charge is 2.40. The largest absolute Gasteiger partial charge is 0.0619 e. The van der Waals surface area contributed by atoms with Gasteiger partial charge in [0, 0.05) is 16.2 Å². The predicted octanol–water partition coefficient (Wildman–Crippen LogP) is 26.1. The number of fused-ring (bicyclic) bond motifs is 15. The van der Waals surface area contributed by atoms with E-state index in [-0.39, 0.29) is 16.2 Å². The third-order valence-electron chi connectivity index (χ3n) is 22.8. The van der Waals surface area contributed by atoms with Crippen molar-refractivity contribution in [2.45, 2.75) is 71.1 Å². The lowest BCUT2D eigenvalue weighted by molar-refractivity contribution is 0.660. The summed E-state index contributed by atoms with van der Waals surface area (Å²) in [5.41, 5.74) is 32.4. The van der Waals surface area contributed by atoms with E-state index >= 15 is 0 Å². The van der Waals surface area contributed by atoms with Crippen LogP contribution in [0.5, 0.6) is 0 Å². The van der Waals surface area contributed by atoms with Crippen molar-refractivity contribution in [2.24, 2.45) is 0 Å². The fraction of sp³-hybridized carbons (Fsp3) is 0.116. The van der Waals surface area contributed by atoms with Gasteiger partial charge in [-0.25, -0.2) is 0 Å². The van der Waals surface area contributed by atoms with Crippen LogP contribution in [0, 0.1) is 0 Å². The Balaban J connectivity index is 0.691. The summed E-state index contributed by atoms with van der Waals surface area (Å²) in [4.78, 5) is 0. The molecule has 0 heteroatoms. The number of rotatable bonds is 7. The highest BCUT2D eigenvalue weighted by Crippen LogP contribution is 2.57. The topological polar surface area (TPSA) is 0 Å². The third kappa shape index (κ3) is 7.89. The molecule has 0 aliphatic heterocycles. The van der Waals surface area contributed by atoms with Gasteiger partial charge in [-0.05, 0) is 240 Å². The fourth-order valence-corrected chi connectivity index (χ4v) is 18.1. The minimum Gasteiger partial charge on any atom is -0.0619 e. The molecule has 0 bridgehead atoms. The third-order valence-corrected chi connectivity index (χ3v) is 22.8. The Bertz CT molecular complexity index is 5850. The maximum absolute atomic E-state index is 2.54. The average Bonchev–Trinajstić information content (AvgIpc) is 1.12. The van der Waals surface area contributed by atoms with Crippen LogP contribution in [0.15, 0.2) is 285 Å². The van der Waals surface area contributed by atoms with Crippen molar-refractivity contribution in [1.82, 2.24) is 0 Å². The molecule has 3 aliphatic carbocycles. The van der Waals surface area contributed by atoms with E-state index in [0.29, 0.717) is 0 Å². The van der Waals surface area contributed by atoms with Crippen LogP contribution in [-0.4, -0.2) is 0 Å². The summed E-state index contributed by atoms with van der Waals surface area (Å²) < 4.78 is 0. The Morgan fingerprint density at radius 3 is 0.695 bits per heavy atom. The molecule has 3 aliphatic rings. The first kappa shape index (κ1) is 55.7. The minimum atomic E-state index is -0.255. The molecule has 0 unspecified atom stereocenters. The molecule has 0 fully saturated rings. The highest BCUT2D eigenvalue weighted by molar-refractivity contribution is 6.30. The summed E-state index contributed by atoms with van der Waals surface area (Å²) in [6, 6.07) is 110. The summed E-state index contributed by atoms with van der Waals surface area (Å²) in [6.45, 7) is 16.7. The molecule has 0 saturated carbocycles. The number of benzene rings is 16. The zero-order valence-electron chi connectivity index (χ0n) is 54.8. The Hall–Kier alpha value is -10.9. The van der Waals surface area contributed by atoms with E-state index < -0.39 is 0 Å². The smallest absolute Gasteiger partial charge is 0.0159 e. The van der Waals surface area contributed by atoms with Crippen molar-refractivity contribution in [3.8, 4) is 100 Å². The van der Waals surface area contributed by atoms with Gasteiger partial charge in [0.25, 0.3) is 0 Å². The lowest BCUT2D eigenvalue weighted by Gasteiger charge is -2.25. The van der Waals surface area contributed by atoms with Gasteiger partial charge in [0.1, 0.15) is 0 Å². The molecule has 0 radical (unpaired) electrons. The molecule has 16 aromatic rings. The molecule has 19 rings (SSSR count). The molecule has 0 atom stereocenters. The lowest BCUT2D eigenvalue weighted by atomic mass is 9.78. The maximum atomic E-state index is 2.54. The van der Waals surface area contributed by atoms with Gasteiger partial charge in [-0.15, -0.1) is 0 Å². The number of hydrogen-bond acceptors (Lipinski definition) is 0. The zero-order valence-corrected chi connectivity index (χ0v) is 54.8. The summed E-state index contributed by atoms with van der Waals surface area (Å²) in [5.74, 6) is 0. The average molecular weight is 1210 g/mol. The van der Waals surface area contributed by atoms with Crippen LogP contribution in [0.3, 0.4) is 0 Å². The molecular weight excluding hydrogens is 1140 g/mol. The van der Waals surface area contributed by atoms with Crippen molar-refractivity contribution >= 4 is 64.6 Å². The molecular formula is C95H70. The molecule has 450 valence electrons. The maximum Gasteiger partial charge on any atom is 0.0159 e. The first-order chi connectivity index (χ1) is 46.4. The van der Waals surface area contributed by atoms with Crippen molar-refractivity contribution < 1.29 is 0 Å². The van der Waals surface area contributed by atoms with E-state index in [2.05, 4.69) is 334 Å². The molecule has 0 nitrogen and oxygen atoms in total. The zero-order chi connectivity index (χ0) is 63.8. The van der Waals surface area contributed by atoms with E-state index in [4.69, 9.17) is 0 Å². The quantitative estimate of drug-likeness (QED) is 0.140. The second-order valence-corrected chi connectivity index (χ2v) is 28.8. The first-order valence-corrected chi connectivity index (χ1v) is 34.1. The van der Waals surface area contributed by atoms with Crippen molar-refractivity contribution in [3.05, 3.63) is 324 Å². The first-order valence-electron chi connectivity index (χ1n) is 34.1. The molecule has 0 N–H and O–H groups in total. The molecule has 0 saturated heterocycles. The van der Waals surface area contributed by atoms with Crippen LogP contribution in [0.4, 0.5) is 0 Å². The van der Waals surface area contributed by atoms with Crippen LogP contribution < -0.4 is 0 Å². The van der Waals surface area contributed by atoms with Crippen LogP contribution >= 0.6 is 0 Å². The molecule has 95 heavy (non-hydrogen) atoms. The number of aryl methyl sites for hydroxylation is 1. The minimum absolute atomic E-state index is 0.107. The van der Waals surface area contributed by atoms with Crippen LogP contribution in [-0.2, 0) is 22.7 Å². The molecule has 0 amide bonds. The van der Waals surface area contributed by atoms with Gasteiger partial charge in [-0.2, -0.15) is 0 Å². The summed E-state index contributed by atoms with van der Waals surface area (Å²) >= 11 is 0. The summed E-state index contributed by atoms with van der Waals surface area (Å²) in [6.07, 6.45) is 1.03. The highest BCUT2D eigenvalue weighted by atomic mass is 14.4. The lowest BCUT2D eigenvalue weighted by Crippen LogP contribution is -2.15. The Morgan fingerprint density at radius 1 is 0.189 bits per heavy atom. The van der Waals surface area contributed by atoms with Crippen LogP contribution in [0.1, 0.15) is 87.4 Å². The predicted molar refractivity (Wildman–Crippen MR) is 406 cm³/mol. The molecule has 16 aromatic carbocycles. The molecule has 0 heterocycles. The SMILES string of the molecule is CCc1ccc(-c2c3ccccc3c(-c3ccc4c(c3)C(C)(C)c3cc(-c5ccc6c(c5)C(C)(C)c5cc(-c7c8ccccc8c(-c8c9ccccc9c(-c9ccc%10c(c9)C(C)(C)c9ccccc9-%10)c9ccccc89)c8ccccc78)ccc5-6)ccc3-4)c3ccccc23)cc1. The standard InChI is InChI=1S/C95H70/c1-8-56-37-39-57(40-38-56)87-69-24-9-11-26-71(69)88(72-27-12-10-25-70(72)87)61-44-49-67-65-46-41-58(51-82(65)94(4,5)85(67)54-61)59-42-47-66-68-50-45-62(55-86(68)95(6,7)83(66)52-59)90-75-30-15-19-34-79(75)92(80-35-20-16-31-76(80)90)91-77-32-17-13-28-73(77)89(74-29-14-18-33-78(74)91)60-43-48-64-63-23-21-22-36-81(63)93(2,3)84(64)53-60/h9-55H,8H2,1-7H3. The Kier molecular flexibility index (Phi) is 11.9. The van der Waals surface area contributed by atoms with E-state index in [1.54, 1.807) is 0 Å². The fourth-order valence-electron chi connectivity index (χ4n) is 18.1. The van der Waals surface area contributed by atoms with E-state index in [9.17, 15) is 0 Å². The van der Waals surface area contributed by atoms with E-state index in [1.165, 1.54) is 204 Å². The van der Waals surface area contributed by atoms with Gasteiger partial charge in [0.2, 0.25) is 0 Å². The van der Waals surface area contributed by atoms with E-state index in [0.717, 1.165) is 6.42 Å². The second-order valence-electron chi connectivity index (χ2n) is 28.8. The van der Waals surface area contributed by atoms with Crippen molar-refractivity contribution in [3.63, 3.8) is 0 Å². The van der Waals surface area contributed by atoms with Crippen LogP contribution in [0.25, 0.3) is 165 Å². The van der Waals surface area contributed by atoms with E-state index in [1.807, 2.05) is 0 Å². The summed E-state index contributed by atoms with van der Waals surface area (Å²) in [5, 5.41) is 15.3. The Labute approximate surface area is 556 Å². The van der Waals surface area contributed by atoms with Crippen molar-refractivity contribution in [1.29, 1.82) is 0 Å². The van der Waals surface area contributed by atoms with Gasteiger partial charge in [0.05, 0.1) is 0 Å². The van der Waals surface area contributed by atoms with Gasteiger partial charge < -0.3 is 0 Å². The molecule has 0 aromatic heterocycles. The normalized spacial score (nSPS) is 14.3. The second kappa shape index (κ2) is 20.3. The monoisotopic (exact) mass is 1210 g/mol. The summed E-state index contributed by atoms with van der Waals surface area (Å²) in [7, 11) is 0. The number of hydrogen-bond donors (Lipinski definition) is 0.